The smallest absolute Gasteiger partial charge is 0.262 e. The van der Waals surface area contributed by atoms with E-state index in [9.17, 15) is 13.2 Å². The van der Waals surface area contributed by atoms with Crippen molar-refractivity contribution in [1.82, 2.24) is 0 Å². The number of sulfonamides is 1. The van der Waals surface area contributed by atoms with Crippen LogP contribution in [0.2, 0.25) is 0 Å². The second-order valence-corrected chi connectivity index (χ2v) is 9.04. The Morgan fingerprint density at radius 1 is 0.882 bits per heavy atom. The van der Waals surface area contributed by atoms with E-state index in [4.69, 9.17) is 14.2 Å². The molecule has 0 atom stereocenters. The Bertz CT molecular complexity index is 1240. The van der Waals surface area contributed by atoms with Gasteiger partial charge in [0, 0.05) is 11.3 Å². The zero-order valence-corrected chi connectivity index (χ0v) is 20.1. The van der Waals surface area contributed by atoms with E-state index in [1.807, 2.05) is 0 Å². The first-order valence-electron chi connectivity index (χ1n) is 10.8. The van der Waals surface area contributed by atoms with Crippen LogP contribution in [-0.4, -0.2) is 35.2 Å². The van der Waals surface area contributed by atoms with Crippen molar-refractivity contribution in [3.63, 3.8) is 0 Å². The molecule has 0 saturated carbocycles. The number of rotatable bonds is 11. The van der Waals surface area contributed by atoms with Crippen LogP contribution >= 0.6 is 0 Å². The molecule has 8 nitrogen and oxygen atoms in total. The first kappa shape index (κ1) is 24.9. The summed E-state index contributed by atoms with van der Waals surface area (Å²) < 4.78 is 44.6. The minimum absolute atomic E-state index is 0.00606. The van der Waals surface area contributed by atoms with Gasteiger partial charge in [-0.3, -0.25) is 9.52 Å². The lowest BCUT2D eigenvalue weighted by Gasteiger charge is -2.13. The molecule has 3 aromatic rings. The summed E-state index contributed by atoms with van der Waals surface area (Å²) in [5.41, 5.74) is 0.989. The van der Waals surface area contributed by atoms with Crippen LogP contribution in [0.3, 0.4) is 0 Å². The van der Waals surface area contributed by atoms with Crippen molar-refractivity contribution in [1.29, 1.82) is 0 Å². The molecular weight excluding hydrogens is 456 g/mol. The SMILES string of the molecule is CCCCOc1ccc(C(=O)Nc2cccc(S(=O)(=O)Nc3ccccc3OC)c2)cc1OC. The summed E-state index contributed by atoms with van der Waals surface area (Å²) in [6, 6.07) is 17.6. The molecule has 3 rings (SSSR count). The standard InChI is InChI=1S/C25H28N2O6S/c1-4-5-15-33-23-14-13-18(16-24(23)32-3)25(28)26-19-9-8-10-20(17-19)34(29,30)27-21-11-6-7-12-22(21)31-2/h6-14,16-17,27H,4-5,15H2,1-3H3,(H,26,28). The fraction of sp³-hybridized carbons (Fsp3) is 0.240. The molecule has 0 aliphatic carbocycles. The van der Waals surface area contributed by atoms with Gasteiger partial charge in [0.25, 0.3) is 15.9 Å². The lowest BCUT2D eigenvalue weighted by molar-refractivity contribution is 0.102. The number of nitrogens with one attached hydrogen (secondary N) is 2. The molecule has 0 aliphatic heterocycles. The van der Waals surface area contributed by atoms with Crippen LogP contribution in [0.15, 0.2) is 71.6 Å². The lowest BCUT2D eigenvalue weighted by atomic mass is 10.2. The van der Waals surface area contributed by atoms with Gasteiger partial charge in [-0.25, -0.2) is 8.42 Å². The molecule has 0 fully saturated rings. The van der Waals surface area contributed by atoms with Gasteiger partial charge >= 0.3 is 0 Å². The quantitative estimate of drug-likeness (QED) is 0.374. The molecule has 3 aromatic carbocycles. The second-order valence-electron chi connectivity index (χ2n) is 7.36. The van der Waals surface area contributed by atoms with Crippen LogP contribution in [0.5, 0.6) is 17.2 Å². The summed E-state index contributed by atoms with van der Waals surface area (Å²) >= 11 is 0. The van der Waals surface area contributed by atoms with Gasteiger partial charge in [-0.1, -0.05) is 31.5 Å². The fourth-order valence-electron chi connectivity index (χ4n) is 3.13. The maximum absolute atomic E-state index is 12.9. The van der Waals surface area contributed by atoms with Crippen molar-refractivity contribution >= 4 is 27.3 Å². The first-order valence-corrected chi connectivity index (χ1v) is 12.2. The Kier molecular flexibility index (Phi) is 8.37. The summed E-state index contributed by atoms with van der Waals surface area (Å²) in [6.07, 6.45) is 1.92. The predicted molar refractivity (Wildman–Crippen MR) is 132 cm³/mol. The summed E-state index contributed by atoms with van der Waals surface area (Å²) in [4.78, 5) is 12.8. The van der Waals surface area contributed by atoms with E-state index in [0.717, 1.165) is 12.8 Å². The van der Waals surface area contributed by atoms with Crippen molar-refractivity contribution in [2.45, 2.75) is 24.7 Å². The zero-order valence-electron chi connectivity index (χ0n) is 19.3. The van der Waals surface area contributed by atoms with Crippen LogP contribution in [0.1, 0.15) is 30.1 Å². The highest BCUT2D eigenvalue weighted by molar-refractivity contribution is 7.92. The van der Waals surface area contributed by atoms with E-state index in [0.29, 0.717) is 40.8 Å². The first-order chi connectivity index (χ1) is 16.4. The number of carbonyl (C=O) groups is 1. The third-order valence-corrected chi connectivity index (χ3v) is 6.30. The summed E-state index contributed by atoms with van der Waals surface area (Å²) in [5, 5.41) is 2.73. The molecule has 0 bridgehead atoms. The van der Waals surface area contributed by atoms with Crippen LogP contribution in [-0.2, 0) is 10.0 Å². The van der Waals surface area contributed by atoms with E-state index < -0.39 is 15.9 Å². The number of hydrogen-bond acceptors (Lipinski definition) is 6. The minimum atomic E-state index is -3.91. The Morgan fingerprint density at radius 2 is 1.65 bits per heavy atom. The van der Waals surface area contributed by atoms with E-state index in [1.54, 1.807) is 54.6 Å². The van der Waals surface area contributed by atoms with Crippen LogP contribution in [0.4, 0.5) is 11.4 Å². The van der Waals surface area contributed by atoms with Crippen molar-refractivity contribution in [2.75, 3.05) is 30.9 Å². The zero-order chi connectivity index (χ0) is 24.6. The molecule has 0 unspecified atom stereocenters. The highest BCUT2D eigenvalue weighted by Gasteiger charge is 2.18. The molecule has 0 saturated heterocycles. The fourth-order valence-corrected chi connectivity index (χ4v) is 4.25. The van der Waals surface area contributed by atoms with Gasteiger partial charge in [0.2, 0.25) is 0 Å². The lowest BCUT2D eigenvalue weighted by Crippen LogP contribution is -2.15. The number of amides is 1. The van der Waals surface area contributed by atoms with Crippen molar-refractivity contribution < 1.29 is 27.4 Å². The number of para-hydroxylation sites is 2. The molecule has 0 radical (unpaired) electrons. The van der Waals surface area contributed by atoms with E-state index >= 15 is 0 Å². The van der Waals surface area contributed by atoms with Crippen LogP contribution < -0.4 is 24.2 Å². The van der Waals surface area contributed by atoms with Gasteiger partial charge in [0.15, 0.2) is 11.5 Å². The minimum Gasteiger partial charge on any atom is -0.495 e. The summed E-state index contributed by atoms with van der Waals surface area (Å²) in [7, 11) is -0.947. The van der Waals surface area contributed by atoms with E-state index in [2.05, 4.69) is 17.0 Å². The normalized spacial score (nSPS) is 10.9. The molecule has 0 spiro atoms. The van der Waals surface area contributed by atoms with Gasteiger partial charge in [-0.15, -0.1) is 0 Å². The van der Waals surface area contributed by atoms with Gasteiger partial charge in [-0.05, 0) is 55.0 Å². The molecule has 9 heteroatoms. The Labute approximate surface area is 199 Å². The van der Waals surface area contributed by atoms with Crippen molar-refractivity contribution in [3.05, 3.63) is 72.3 Å². The highest BCUT2D eigenvalue weighted by atomic mass is 32.2. The number of benzene rings is 3. The van der Waals surface area contributed by atoms with Gasteiger partial charge in [0.1, 0.15) is 5.75 Å². The third-order valence-electron chi connectivity index (χ3n) is 4.93. The van der Waals surface area contributed by atoms with Crippen molar-refractivity contribution in [3.8, 4) is 17.2 Å². The van der Waals surface area contributed by atoms with Crippen molar-refractivity contribution in [2.24, 2.45) is 0 Å². The largest absolute Gasteiger partial charge is 0.495 e. The summed E-state index contributed by atoms with van der Waals surface area (Å²) in [6.45, 7) is 2.63. The molecule has 1 amide bonds. The predicted octanol–water partition coefficient (Wildman–Crippen LogP) is 4.94. The van der Waals surface area contributed by atoms with Crippen LogP contribution in [0.25, 0.3) is 0 Å². The number of methoxy groups -OCH3 is 2. The number of ether oxygens (including phenoxy) is 3. The molecular formula is C25H28N2O6S. The maximum Gasteiger partial charge on any atom is 0.262 e. The molecule has 2 N–H and O–H groups in total. The van der Waals surface area contributed by atoms with Gasteiger partial charge in [-0.2, -0.15) is 0 Å². The third kappa shape index (κ3) is 6.20. The average Bonchev–Trinajstić information content (AvgIpc) is 2.84. The Balaban J connectivity index is 1.76. The maximum atomic E-state index is 12.9. The van der Waals surface area contributed by atoms with E-state index in [1.165, 1.54) is 26.4 Å². The highest BCUT2D eigenvalue weighted by Crippen LogP contribution is 2.29. The second kappa shape index (κ2) is 11.4. The monoisotopic (exact) mass is 484 g/mol. The summed E-state index contributed by atoms with van der Waals surface area (Å²) in [5.74, 6) is 0.987. The molecule has 34 heavy (non-hydrogen) atoms. The molecule has 0 aliphatic rings. The van der Waals surface area contributed by atoms with Gasteiger partial charge in [0.05, 0.1) is 31.4 Å². The number of unbranched alkanes of at least 4 members (excludes halogenated alkanes) is 1. The Hall–Kier alpha value is -3.72. The number of carbonyl (C=O) groups excluding carboxylic acids is 1. The topological polar surface area (TPSA) is 103 Å². The number of anilines is 2. The Morgan fingerprint density at radius 3 is 2.38 bits per heavy atom. The average molecular weight is 485 g/mol. The molecule has 180 valence electrons. The van der Waals surface area contributed by atoms with Crippen LogP contribution in [0, 0.1) is 0 Å². The van der Waals surface area contributed by atoms with E-state index in [-0.39, 0.29) is 4.90 Å². The molecule has 0 aromatic heterocycles. The number of hydrogen-bond donors (Lipinski definition) is 2. The van der Waals surface area contributed by atoms with Gasteiger partial charge < -0.3 is 19.5 Å². The molecule has 0 heterocycles.